The summed E-state index contributed by atoms with van der Waals surface area (Å²) >= 11 is 1.54. The summed E-state index contributed by atoms with van der Waals surface area (Å²) in [5.74, 6) is 4.45. The third-order valence-electron chi connectivity index (χ3n) is 4.82. The van der Waals surface area contributed by atoms with E-state index in [0.29, 0.717) is 17.0 Å². The maximum absolute atomic E-state index is 11.3. The maximum Gasteiger partial charge on any atom is 0.309 e. The number of hydrogen-bond acceptors (Lipinski definition) is 8. The van der Waals surface area contributed by atoms with Crippen LogP contribution >= 0.6 is 11.3 Å². The average molecular weight is 399 g/mol. The number of carboxylic acids is 1. The molecule has 1 aliphatic carbocycles. The molecule has 0 spiro atoms. The van der Waals surface area contributed by atoms with Crippen LogP contribution in [-0.2, 0) is 4.79 Å². The van der Waals surface area contributed by atoms with Gasteiger partial charge in [0, 0.05) is 18.0 Å². The van der Waals surface area contributed by atoms with Crippen molar-refractivity contribution >= 4 is 34.3 Å². The number of aliphatic hydroxyl groups is 2. The molecule has 0 amide bonds. The first-order chi connectivity index (χ1) is 13.5. The molecule has 3 aromatic heterocycles. The standard InChI is InChI=1S/C18H17N5O4S/c1-19-16-13-17(22-12(21-16)3-2-9-4-5-28-7-9)23(8-20-13)11-6-10(18(26)27)14(24)15(11)25/h4-5,7-8,10-11,14-15,24-25H,6H2,1H3,(H,26,27)(H,19,21,22)/t10-,11+,14+,15-/m0/s1. The lowest BCUT2D eigenvalue weighted by atomic mass is 10.1. The second-order valence-corrected chi connectivity index (χ2v) is 7.24. The van der Waals surface area contributed by atoms with Crippen molar-refractivity contribution in [3.63, 3.8) is 0 Å². The van der Waals surface area contributed by atoms with Gasteiger partial charge in [0.15, 0.2) is 17.0 Å². The van der Waals surface area contributed by atoms with Crippen LogP contribution in [-0.4, -0.2) is 60.1 Å². The first-order valence-corrected chi connectivity index (χ1v) is 9.49. The molecule has 0 radical (unpaired) electrons. The third-order valence-corrected chi connectivity index (χ3v) is 5.51. The van der Waals surface area contributed by atoms with Crippen LogP contribution in [0.1, 0.15) is 23.9 Å². The van der Waals surface area contributed by atoms with Crippen LogP contribution < -0.4 is 5.32 Å². The van der Waals surface area contributed by atoms with Gasteiger partial charge in [0.05, 0.1) is 24.4 Å². The molecule has 144 valence electrons. The lowest BCUT2D eigenvalue weighted by Gasteiger charge is -2.18. The van der Waals surface area contributed by atoms with Crippen molar-refractivity contribution in [2.45, 2.75) is 24.7 Å². The fourth-order valence-electron chi connectivity index (χ4n) is 3.38. The van der Waals surface area contributed by atoms with Gasteiger partial charge in [-0.05, 0) is 23.8 Å². The van der Waals surface area contributed by atoms with E-state index < -0.39 is 30.1 Å². The molecule has 0 aliphatic heterocycles. The smallest absolute Gasteiger partial charge is 0.309 e. The van der Waals surface area contributed by atoms with E-state index in [1.165, 1.54) is 17.7 Å². The second-order valence-electron chi connectivity index (χ2n) is 6.46. The zero-order valence-electron chi connectivity index (χ0n) is 14.8. The van der Waals surface area contributed by atoms with Gasteiger partial charge >= 0.3 is 5.97 Å². The zero-order valence-corrected chi connectivity index (χ0v) is 15.6. The van der Waals surface area contributed by atoms with Gasteiger partial charge in [-0.3, -0.25) is 4.79 Å². The highest BCUT2D eigenvalue weighted by molar-refractivity contribution is 7.08. The minimum absolute atomic E-state index is 0.0674. The number of nitrogens with zero attached hydrogens (tertiary/aromatic N) is 4. The summed E-state index contributed by atoms with van der Waals surface area (Å²) in [6.45, 7) is 0. The number of fused-ring (bicyclic) bond motifs is 1. The van der Waals surface area contributed by atoms with E-state index in [2.05, 4.69) is 32.1 Å². The number of carboxylic acid groups (broad SMARTS) is 1. The third kappa shape index (κ3) is 3.09. The van der Waals surface area contributed by atoms with Crippen LogP contribution in [0.2, 0.25) is 0 Å². The lowest BCUT2D eigenvalue weighted by molar-refractivity contribution is -0.145. The molecule has 0 aromatic carbocycles. The van der Waals surface area contributed by atoms with E-state index in [9.17, 15) is 20.1 Å². The summed E-state index contributed by atoms with van der Waals surface area (Å²) in [6.07, 6.45) is -1.06. The number of hydrogen-bond donors (Lipinski definition) is 4. The van der Waals surface area contributed by atoms with E-state index in [1.807, 2.05) is 16.8 Å². The molecule has 1 saturated carbocycles. The summed E-state index contributed by atoms with van der Waals surface area (Å²) in [5.41, 5.74) is 1.74. The topological polar surface area (TPSA) is 133 Å². The average Bonchev–Trinajstić information content (AvgIpc) is 3.40. The minimum Gasteiger partial charge on any atom is -0.481 e. The molecule has 4 atom stereocenters. The molecular formula is C18H17N5O4S. The predicted octanol–water partition coefficient (Wildman–Crippen LogP) is 0.697. The maximum atomic E-state index is 11.3. The minimum atomic E-state index is -1.36. The summed E-state index contributed by atoms with van der Waals surface area (Å²) in [5, 5.41) is 36.5. The molecular weight excluding hydrogens is 382 g/mol. The monoisotopic (exact) mass is 399 g/mol. The second kappa shape index (κ2) is 7.20. The van der Waals surface area contributed by atoms with Crippen molar-refractivity contribution in [2.24, 2.45) is 5.92 Å². The molecule has 4 N–H and O–H groups in total. The summed E-state index contributed by atoms with van der Waals surface area (Å²) in [7, 11) is 1.70. The van der Waals surface area contributed by atoms with Gasteiger partial charge in [-0.15, -0.1) is 0 Å². The molecule has 28 heavy (non-hydrogen) atoms. The number of nitrogens with one attached hydrogen (secondary N) is 1. The van der Waals surface area contributed by atoms with Crippen LogP contribution in [0.5, 0.6) is 0 Å². The van der Waals surface area contributed by atoms with Crippen molar-refractivity contribution in [1.82, 2.24) is 19.5 Å². The number of thiophene rings is 1. The first-order valence-electron chi connectivity index (χ1n) is 8.55. The fraction of sp³-hybridized carbons (Fsp3) is 0.333. The van der Waals surface area contributed by atoms with Gasteiger partial charge in [0.2, 0.25) is 5.82 Å². The van der Waals surface area contributed by atoms with Crippen LogP contribution in [0, 0.1) is 17.8 Å². The number of aliphatic hydroxyl groups excluding tert-OH is 2. The molecule has 10 heteroatoms. The van der Waals surface area contributed by atoms with Crippen LogP contribution in [0.4, 0.5) is 5.82 Å². The van der Waals surface area contributed by atoms with Gasteiger partial charge in [-0.2, -0.15) is 11.3 Å². The Labute approximate surface area is 163 Å². The predicted molar refractivity (Wildman–Crippen MR) is 102 cm³/mol. The molecule has 4 rings (SSSR count). The Morgan fingerprint density at radius 1 is 1.32 bits per heavy atom. The van der Waals surface area contributed by atoms with E-state index in [0.717, 1.165) is 5.56 Å². The summed E-state index contributed by atoms with van der Waals surface area (Å²) in [6, 6.07) is 1.22. The van der Waals surface area contributed by atoms with Crippen molar-refractivity contribution < 1.29 is 20.1 Å². The van der Waals surface area contributed by atoms with Gasteiger partial charge < -0.3 is 25.2 Å². The Kier molecular flexibility index (Phi) is 4.72. The highest BCUT2D eigenvalue weighted by atomic mass is 32.1. The van der Waals surface area contributed by atoms with Crippen molar-refractivity contribution in [1.29, 1.82) is 0 Å². The van der Waals surface area contributed by atoms with Crippen molar-refractivity contribution in [3.8, 4) is 11.8 Å². The first kappa shape index (κ1) is 18.4. The number of imidazole rings is 1. The number of anilines is 1. The van der Waals surface area contributed by atoms with E-state index in [-0.39, 0.29) is 12.2 Å². The number of aliphatic carboxylic acids is 1. The molecule has 3 heterocycles. The van der Waals surface area contributed by atoms with Crippen LogP contribution in [0.25, 0.3) is 11.2 Å². The highest BCUT2D eigenvalue weighted by Gasteiger charge is 2.46. The van der Waals surface area contributed by atoms with Crippen LogP contribution in [0.3, 0.4) is 0 Å². The van der Waals surface area contributed by atoms with Gasteiger partial charge in [0.1, 0.15) is 6.10 Å². The molecule has 0 saturated heterocycles. The van der Waals surface area contributed by atoms with E-state index in [1.54, 1.807) is 11.6 Å². The van der Waals surface area contributed by atoms with Crippen molar-refractivity contribution in [2.75, 3.05) is 12.4 Å². The highest BCUT2D eigenvalue weighted by Crippen LogP contribution is 2.37. The molecule has 1 fully saturated rings. The molecule has 0 bridgehead atoms. The van der Waals surface area contributed by atoms with Gasteiger partial charge in [-0.25, -0.2) is 15.0 Å². The van der Waals surface area contributed by atoms with Gasteiger partial charge in [-0.1, -0.05) is 5.92 Å². The summed E-state index contributed by atoms with van der Waals surface area (Å²) in [4.78, 5) is 24.5. The Hall–Kier alpha value is -3.00. The Morgan fingerprint density at radius 2 is 2.14 bits per heavy atom. The molecule has 1 aliphatic rings. The fourth-order valence-corrected chi connectivity index (χ4v) is 3.97. The summed E-state index contributed by atoms with van der Waals surface area (Å²) < 4.78 is 1.59. The SMILES string of the molecule is CNc1nc(C#Cc2ccsc2)nc2c1ncn2[C@@H]1C[C@H](C(=O)O)[C@@H](O)[C@H]1O. The Balaban J connectivity index is 1.78. The van der Waals surface area contributed by atoms with Gasteiger partial charge in [0.25, 0.3) is 0 Å². The van der Waals surface area contributed by atoms with Crippen LogP contribution in [0.15, 0.2) is 23.2 Å². The largest absolute Gasteiger partial charge is 0.481 e. The van der Waals surface area contributed by atoms with E-state index in [4.69, 9.17) is 0 Å². The quantitative estimate of drug-likeness (QED) is 0.473. The number of carbonyl (C=O) groups is 1. The number of aromatic nitrogens is 4. The number of rotatable bonds is 3. The molecule has 0 unspecified atom stereocenters. The Bertz CT molecular complexity index is 1080. The molecule has 3 aromatic rings. The normalized spacial score (nSPS) is 24.1. The Morgan fingerprint density at radius 3 is 2.79 bits per heavy atom. The van der Waals surface area contributed by atoms with Crippen molar-refractivity contribution in [3.05, 3.63) is 34.5 Å². The lowest BCUT2D eigenvalue weighted by Crippen LogP contribution is -2.32. The zero-order chi connectivity index (χ0) is 19.8. The molecule has 9 nitrogen and oxygen atoms in total. The van der Waals surface area contributed by atoms with E-state index >= 15 is 0 Å².